The summed E-state index contributed by atoms with van der Waals surface area (Å²) in [7, 11) is 0. The number of nitrogens with zero attached hydrogens (tertiary/aromatic N) is 4. The highest BCUT2D eigenvalue weighted by Crippen LogP contribution is 2.40. The molecule has 1 saturated carbocycles. The number of alkyl halides is 2. The monoisotopic (exact) mass is 390 g/mol. The van der Waals surface area contributed by atoms with E-state index < -0.39 is 12.3 Å². The summed E-state index contributed by atoms with van der Waals surface area (Å²) in [5, 5.41) is 0.966. The maximum atomic E-state index is 13.1. The van der Waals surface area contributed by atoms with Gasteiger partial charge in [0.15, 0.2) is 5.65 Å². The summed E-state index contributed by atoms with van der Waals surface area (Å²) in [5.41, 5.74) is 3.74. The van der Waals surface area contributed by atoms with E-state index in [0.717, 1.165) is 48.3 Å². The van der Waals surface area contributed by atoms with Crippen LogP contribution in [0.15, 0.2) is 6.07 Å². The molecule has 2 fully saturated rings. The van der Waals surface area contributed by atoms with Gasteiger partial charge in [-0.15, -0.1) is 0 Å². The predicted molar refractivity (Wildman–Crippen MR) is 105 cm³/mol. The van der Waals surface area contributed by atoms with Crippen molar-refractivity contribution in [3.05, 3.63) is 23.0 Å². The van der Waals surface area contributed by atoms with Crippen molar-refractivity contribution in [3.63, 3.8) is 0 Å². The predicted octanol–water partition coefficient (Wildman–Crippen LogP) is 4.41. The largest absolute Gasteiger partial charge is 0.375 e. The van der Waals surface area contributed by atoms with Crippen LogP contribution in [-0.4, -0.2) is 47.2 Å². The second kappa shape index (κ2) is 7.85. The Bertz CT molecular complexity index is 852. The van der Waals surface area contributed by atoms with Gasteiger partial charge in [0.2, 0.25) is 12.4 Å². The van der Waals surface area contributed by atoms with Gasteiger partial charge in [-0.1, -0.05) is 0 Å². The number of rotatable bonds is 3. The van der Waals surface area contributed by atoms with Crippen molar-refractivity contribution in [2.24, 2.45) is 5.92 Å². The van der Waals surface area contributed by atoms with Crippen LogP contribution in [0.3, 0.4) is 0 Å². The second-order valence-electron chi connectivity index (χ2n) is 8.24. The highest BCUT2D eigenvalue weighted by atomic mass is 19.3. The fourth-order valence-corrected chi connectivity index (χ4v) is 4.35. The summed E-state index contributed by atoms with van der Waals surface area (Å²) in [5.74, 6) is 0.386. The van der Waals surface area contributed by atoms with Gasteiger partial charge in [0.05, 0.1) is 18.4 Å². The lowest BCUT2D eigenvalue weighted by Gasteiger charge is -2.32. The molecule has 1 aliphatic heterocycles. The van der Waals surface area contributed by atoms with E-state index in [4.69, 9.17) is 19.7 Å². The Labute approximate surface area is 164 Å². The van der Waals surface area contributed by atoms with Crippen molar-refractivity contribution in [1.29, 1.82) is 0 Å². The summed E-state index contributed by atoms with van der Waals surface area (Å²) in [6.07, 6.45) is 0.497. The molecule has 0 bridgehead atoms. The van der Waals surface area contributed by atoms with Crippen LogP contribution >= 0.6 is 0 Å². The Kier molecular flexibility index (Phi) is 5.45. The number of fused-ring (bicyclic) bond motifs is 1. The number of aryl methyl sites for hydroxylation is 2. The lowest BCUT2D eigenvalue weighted by molar-refractivity contribution is 0.0522. The second-order valence-corrected chi connectivity index (χ2v) is 8.24. The molecule has 152 valence electrons. The quantitative estimate of drug-likeness (QED) is 0.777. The normalized spacial score (nSPS) is 26.2. The highest BCUT2D eigenvalue weighted by Gasteiger charge is 2.31. The topological polar surface area (TPSA) is 51.1 Å². The average Bonchev–Trinajstić information content (AvgIpc) is 2.68. The minimum atomic E-state index is -2.22. The molecule has 2 aromatic heterocycles. The summed E-state index contributed by atoms with van der Waals surface area (Å²) in [6, 6.07) is 2.11. The molecule has 0 radical (unpaired) electrons. The van der Waals surface area contributed by atoms with Crippen LogP contribution in [0.2, 0.25) is 0 Å². The molecule has 0 N–H and O–H groups in total. The summed E-state index contributed by atoms with van der Waals surface area (Å²) < 4.78 is 31.8. The molecule has 1 unspecified atom stereocenters. The molecule has 28 heavy (non-hydrogen) atoms. The van der Waals surface area contributed by atoms with E-state index in [1.165, 1.54) is 0 Å². The molecule has 1 aliphatic carbocycles. The van der Waals surface area contributed by atoms with E-state index in [-0.39, 0.29) is 12.0 Å². The first-order valence-corrected chi connectivity index (χ1v) is 10.2. The smallest absolute Gasteiger partial charge is 0.241 e. The first-order valence-electron chi connectivity index (χ1n) is 10.2. The zero-order chi connectivity index (χ0) is 19.8. The minimum absolute atomic E-state index is 0.130. The Hall–Kier alpha value is -1.89. The number of morpholine rings is 1. The minimum Gasteiger partial charge on any atom is -0.375 e. The Morgan fingerprint density at radius 3 is 2.54 bits per heavy atom. The van der Waals surface area contributed by atoms with E-state index >= 15 is 0 Å². The van der Waals surface area contributed by atoms with Crippen LogP contribution in [0, 0.1) is 19.8 Å². The average molecular weight is 390 g/mol. The molecule has 4 rings (SSSR count). The van der Waals surface area contributed by atoms with Crippen LogP contribution in [-0.2, 0) is 4.74 Å². The highest BCUT2D eigenvalue weighted by molar-refractivity contribution is 5.80. The maximum absolute atomic E-state index is 13.1. The molecule has 7 heteroatoms. The fourth-order valence-electron chi connectivity index (χ4n) is 4.35. The number of aromatic nitrogens is 3. The van der Waals surface area contributed by atoms with E-state index in [9.17, 15) is 8.78 Å². The SMILES string of the molecule is Cc1cc2c(C3CCC(C(F)F)CC3)nc(N3CCOC(C)C3)nc2nc1C. The van der Waals surface area contributed by atoms with Crippen molar-refractivity contribution in [2.75, 3.05) is 24.6 Å². The number of halogens is 2. The number of pyridine rings is 1. The van der Waals surface area contributed by atoms with E-state index in [1.807, 2.05) is 20.8 Å². The van der Waals surface area contributed by atoms with Crippen molar-refractivity contribution < 1.29 is 13.5 Å². The van der Waals surface area contributed by atoms with Crippen molar-refractivity contribution in [2.45, 2.75) is 64.9 Å². The van der Waals surface area contributed by atoms with E-state index in [1.54, 1.807) is 0 Å². The van der Waals surface area contributed by atoms with Crippen LogP contribution in [0.5, 0.6) is 0 Å². The lowest BCUT2D eigenvalue weighted by Crippen LogP contribution is -2.42. The van der Waals surface area contributed by atoms with Crippen molar-refractivity contribution >= 4 is 17.0 Å². The molecule has 0 amide bonds. The zero-order valence-corrected chi connectivity index (χ0v) is 16.8. The standard InChI is InChI=1S/C21H28F2N4O/c1-12-10-17-18(15-4-6-16(7-5-15)19(22)23)25-21(26-20(17)24-14(12)3)27-8-9-28-13(2)11-27/h10,13,15-16,19H,4-9,11H2,1-3H3. The zero-order valence-electron chi connectivity index (χ0n) is 16.8. The first kappa shape index (κ1) is 19.4. The summed E-state index contributed by atoms with van der Waals surface area (Å²) in [4.78, 5) is 16.6. The Morgan fingerprint density at radius 1 is 1.11 bits per heavy atom. The van der Waals surface area contributed by atoms with Gasteiger partial charge in [-0.25, -0.2) is 18.7 Å². The third-order valence-electron chi connectivity index (χ3n) is 6.19. The van der Waals surface area contributed by atoms with Gasteiger partial charge >= 0.3 is 0 Å². The van der Waals surface area contributed by atoms with E-state index in [0.29, 0.717) is 31.0 Å². The van der Waals surface area contributed by atoms with Gasteiger partial charge < -0.3 is 9.64 Å². The van der Waals surface area contributed by atoms with Gasteiger partial charge in [0.1, 0.15) is 0 Å². The van der Waals surface area contributed by atoms with Crippen molar-refractivity contribution in [3.8, 4) is 0 Å². The number of hydrogen-bond acceptors (Lipinski definition) is 5. The molecule has 0 aromatic carbocycles. The molecule has 1 saturated heterocycles. The molecule has 0 spiro atoms. The molecular formula is C21H28F2N4O. The van der Waals surface area contributed by atoms with Gasteiger partial charge in [-0.2, -0.15) is 4.98 Å². The third-order valence-corrected chi connectivity index (χ3v) is 6.19. The molecule has 1 atom stereocenters. The Balaban J connectivity index is 1.73. The van der Waals surface area contributed by atoms with Crippen molar-refractivity contribution in [1.82, 2.24) is 15.0 Å². The van der Waals surface area contributed by atoms with Gasteiger partial charge in [-0.3, -0.25) is 0 Å². The molecule has 5 nitrogen and oxygen atoms in total. The van der Waals surface area contributed by atoms with Crippen LogP contribution in [0.1, 0.15) is 55.5 Å². The first-order chi connectivity index (χ1) is 13.4. The summed E-state index contributed by atoms with van der Waals surface area (Å²) >= 11 is 0. The van der Waals surface area contributed by atoms with Gasteiger partial charge in [-0.05, 0) is 58.1 Å². The number of anilines is 1. The van der Waals surface area contributed by atoms with Crippen LogP contribution in [0.4, 0.5) is 14.7 Å². The van der Waals surface area contributed by atoms with E-state index in [2.05, 4.69) is 11.0 Å². The summed E-state index contributed by atoms with van der Waals surface area (Å²) in [6.45, 7) is 8.22. The molecule has 2 aliphatic rings. The van der Waals surface area contributed by atoms with Gasteiger partial charge in [0, 0.05) is 36.0 Å². The molecular weight excluding hydrogens is 362 g/mol. The van der Waals surface area contributed by atoms with Gasteiger partial charge in [0.25, 0.3) is 0 Å². The Morgan fingerprint density at radius 2 is 1.86 bits per heavy atom. The fraction of sp³-hybridized carbons (Fsp3) is 0.667. The van der Waals surface area contributed by atoms with Crippen LogP contribution < -0.4 is 4.90 Å². The lowest BCUT2D eigenvalue weighted by atomic mass is 9.80. The number of hydrogen-bond donors (Lipinski definition) is 0. The molecule has 3 heterocycles. The number of ether oxygens (including phenoxy) is 1. The molecule has 2 aromatic rings. The van der Waals surface area contributed by atoms with Crippen LogP contribution in [0.25, 0.3) is 11.0 Å². The third kappa shape index (κ3) is 3.81. The maximum Gasteiger partial charge on any atom is 0.241 e.